The molecule has 0 radical (unpaired) electrons. The van der Waals surface area contributed by atoms with Crippen LogP contribution in [-0.4, -0.2) is 7.11 Å². The van der Waals surface area contributed by atoms with Gasteiger partial charge in [-0.05, 0) is 25.0 Å². The zero-order chi connectivity index (χ0) is 14.5. The molecule has 2 rings (SSSR count). The van der Waals surface area contributed by atoms with E-state index in [0.717, 1.165) is 12.2 Å². The van der Waals surface area contributed by atoms with E-state index in [0.29, 0.717) is 5.92 Å². The van der Waals surface area contributed by atoms with Crippen molar-refractivity contribution < 1.29 is 4.74 Å². The average molecular weight is 333 g/mol. The molecule has 0 aliphatic heterocycles. The predicted molar refractivity (Wildman–Crippen MR) is 88.9 cm³/mol. The third-order valence-corrected chi connectivity index (χ3v) is 4.83. The molecule has 0 aromatic heterocycles. The maximum Gasteiger partial charge on any atom is 0.123 e. The second-order valence-corrected chi connectivity index (χ2v) is 6.06. The number of methoxy groups -OCH3 is 1. The van der Waals surface area contributed by atoms with E-state index >= 15 is 0 Å². The molecule has 0 aliphatic rings. The molecule has 2 aromatic carbocycles. The lowest BCUT2D eigenvalue weighted by molar-refractivity contribution is 0.407. The van der Waals surface area contributed by atoms with Crippen LogP contribution in [0.5, 0.6) is 5.75 Å². The average Bonchev–Trinajstić information content (AvgIpc) is 2.49. The van der Waals surface area contributed by atoms with Crippen molar-refractivity contribution in [1.82, 2.24) is 0 Å². The number of aryl methyl sites for hydroxylation is 1. The fourth-order valence-electron chi connectivity index (χ4n) is 2.60. The molecule has 2 aromatic rings. The van der Waals surface area contributed by atoms with Gasteiger partial charge in [0.2, 0.25) is 0 Å². The minimum absolute atomic E-state index is 0.254. The van der Waals surface area contributed by atoms with Crippen LogP contribution in [0.15, 0.2) is 48.5 Å². The van der Waals surface area contributed by atoms with Crippen LogP contribution in [0.1, 0.15) is 40.8 Å². The summed E-state index contributed by atoms with van der Waals surface area (Å²) in [4.78, 5) is 0.254. The summed E-state index contributed by atoms with van der Waals surface area (Å²) in [6.45, 7) is 4.35. The highest BCUT2D eigenvalue weighted by molar-refractivity contribution is 9.09. The Morgan fingerprint density at radius 2 is 1.80 bits per heavy atom. The first-order valence-electron chi connectivity index (χ1n) is 7.01. The second-order valence-electron chi connectivity index (χ2n) is 5.07. The maximum absolute atomic E-state index is 5.52. The van der Waals surface area contributed by atoms with E-state index in [1.54, 1.807) is 7.11 Å². The number of alkyl halides is 1. The SMILES string of the molecule is CCC(c1ccccc1)C(Br)c1cc(C)ccc1OC. The van der Waals surface area contributed by atoms with E-state index in [1.165, 1.54) is 16.7 Å². The quantitative estimate of drug-likeness (QED) is 0.644. The molecular formula is C18H21BrO. The van der Waals surface area contributed by atoms with Gasteiger partial charge in [-0.25, -0.2) is 0 Å². The van der Waals surface area contributed by atoms with Gasteiger partial charge in [-0.1, -0.05) is 70.9 Å². The predicted octanol–water partition coefficient (Wildman–Crippen LogP) is 5.63. The van der Waals surface area contributed by atoms with E-state index < -0.39 is 0 Å². The highest BCUT2D eigenvalue weighted by Crippen LogP contribution is 2.43. The van der Waals surface area contributed by atoms with Crippen molar-refractivity contribution in [2.45, 2.75) is 31.0 Å². The smallest absolute Gasteiger partial charge is 0.123 e. The van der Waals surface area contributed by atoms with Crippen LogP contribution in [0.4, 0.5) is 0 Å². The van der Waals surface area contributed by atoms with Gasteiger partial charge in [0.15, 0.2) is 0 Å². The number of hydrogen-bond acceptors (Lipinski definition) is 1. The Bertz CT molecular complexity index is 551. The van der Waals surface area contributed by atoms with Crippen molar-refractivity contribution in [1.29, 1.82) is 0 Å². The summed E-state index contributed by atoms with van der Waals surface area (Å²) in [6.07, 6.45) is 1.08. The summed E-state index contributed by atoms with van der Waals surface area (Å²) in [5.74, 6) is 1.39. The van der Waals surface area contributed by atoms with Crippen molar-refractivity contribution in [3.05, 3.63) is 65.2 Å². The molecule has 0 saturated heterocycles. The lowest BCUT2D eigenvalue weighted by atomic mass is 9.89. The zero-order valence-corrected chi connectivity index (χ0v) is 13.9. The number of rotatable bonds is 5. The molecule has 0 saturated carbocycles. The van der Waals surface area contributed by atoms with E-state index in [1.807, 2.05) is 0 Å². The van der Waals surface area contributed by atoms with Crippen LogP contribution in [0.3, 0.4) is 0 Å². The van der Waals surface area contributed by atoms with E-state index in [9.17, 15) is 0 Å². The molecule has 2 unspecified atom stereocenters. The van der Waals surface area contributed by atoms with Crippen LogP contribution >= 0.6 is 15.9 Å². The van der Waals surface area contributed by atoms with E-state index in [4.69, 9.17) is 4.74 Å². The van der Waals surface area contributed by atoms with Crippen molar-refractivity contribution >= 4 is 15.9 Å². The summed E-state index contributed by atoms with van der Waals surface area (Å²) in [6, 6.07) is 17.0. The molecular weight excluding hydrogens is 312 g/mol. The van der Waals surface area contributed by atoms with Gasteiger partial charge < -0.3 is 4.74 Å². The molecule has 0 amide bonds. The van der Waals surface area contributed by atoms with Crippen LogP contribution in [-0.2, 0) is 0 Å². The minimum Gasteiger partial charge on any atom is -0.496 e. The summed E-state index contributed by atoms with van der Waals surface area (Å²) < 4.78 is 5.52. The van der Waals surface area contributed by atoms with Gasteiger partial charge in [-0.15, -0.1) is 0 Å². The van der Waals surface area contributed by atoms with Crippen LogP contribution in [0, 0.1) is 6.92 Å². The van der Waals surface area contributed by atoms with Crippen molar-refractivity contribution in [3.8, 4) is 5.75 Å². The van der Waals surface area contributed by atoms with Crippen molar-refractivity contribution in [2.75, 3.05) is 7.11 Å². The fraction of sp³-hybridized carbons (Fsp3) is 0.333. The number of ether oxygens (including phenoxy) is 1. The molecule has 0 spiro atoms. The number of benzene rings is 2. The Labute approximate surface area is 130 Å². The molecule has 106 valence electrons. The molecule has 0 aliphatic carbocycles. The lowest BCUT2D eigenvalue weighted by Crippen LogP contribution is -2.07. The molecule has 1 nitrogen and oxygen atoms in total. The van der Waals surface area contributed by atoms with Gasteiger partial charge in [-0.3, -0.25) is 0 Å². The van der Waals surface area contributed by atoms with Gasteiger partial charge in [0.25, 0.3) is 0 Å². The number of hydrogen-bond donors (Lipinski definition) is 0. The highest BCUT2D eigenvalue weighted by atomic mass is 79.9. The summed E-state index contributed by atoms with van der Waals surface area (Å²) in [5.41, 5.74) is 3.84. The highest BCUT2D eigenvalue weighted by Gasteiger charge is 2.23. The van der Waals surface area contributed by atoms with Gasteiger partial charge in [0.1, 0.15) is 5.75 Å². The Morgan fingerprint density at radius 1 is 1.10 bits per heavy atom. The molecule has 0 bridgehead atoms. The first-order valence-corrected chi connectivity index (χ1v) is 7.92. The topological polar surface area (TPSA) is 9.23 Å². The first kappa shape index (κ1) is 15.1. The van der Waals surface area contributed by atoms with Gasteiger partial charge in [-0.2, -0.15) is 0 Å². The molecule has 0 heterocycles. The fourth-order valence-corrected chi connectivity index (χ4v) is 3.63. The molecule has 2 atom stereocenters. The Hall–Kier alpha value is -1.28. The summed E-state index contributed by atoms with van der Waals surface area (Å²) in [7, 11) is 1.73. The normalized spacial score (nSPS) is 13.8. The van der Waals surface area contributed by atoms with Crippen LogP contribution in [0.25, 0.3) is 0 Å². The molecule has 0 fully saturated rings. The second kappa shape index (κ2) is 6.94. The first-order chi connectivity index (χ1) is 9.67. The largest absolute Gasteiger partial charge is 0.496 e. The molecule has 0 N–H and O–H groups in total. The number of halogens is 1. The van der Waals surface area contributed by atoms with Crippen LogP contribution < -0.4 is 4.74 Å². The molecule has 20 heavy (non-hydrogen) atoms. The van der Waals surface area contributed by atoms with Crippen molar-refractivity contribution in [3.63, 3.8) is 0 Å². The van der Waals surface area contributed by atoms with Crippen LogP contribution in [0.2, 0.25) is 0 Å². The summed E-state index contributed by atoms with van der Waals surface area (Å²) in [5, 5.41) is 0. The van der Waals surface area contributed by atoms with Gasteiger partial charge >= 0.3 is 0 Å². The monoisotopic (exact) mass is 332 g/mol. The van der Waals surface area contributed by atoms with E-state index in [-0.39, 0.29) is 4.83 Å². The van der Waals surface area contributed by atoms with E-state index in [2.05, 4.69) is 78.3 Å². The Kier molecular flexibility index (Phi) is 5.24. The molecule has 2 heteroatoms. The summed E-state index contributed by atoms with van der Waals surface area (Å²) >= 11 is 3.90. The van der Waals surface area contributed by atoms with Crippen molar-refractivity contribution in [2.24, 2.45) is 0 Å². The minimum atomic E-state index is 0.254. The lowest BCUT2D eigenvalue weighted by Gasteiger charge is -2.24. The third-order valence-electron chi connectivity index (χ3n) is 3.70. The third kappa shape index (κ3) is 3.24. The standard InChI is InChI=1S/C18H21BrO/c1-4-15(14-8-6-5-7-9-14)18(19)16-12-13(2)10-11-17(16)20-3/h5-12,15,18H,4H2,1-3H3. The maximum atomic E-state index is 5.52. The Morgan fingerprint density at radius 3 is 2.40 bits per heavy atom. The zero-order valence-electron chi connectivity index (χ0n) is 12.3. The Balaban J connectivity index is 2.38. The van der Waals surface area contributed by atoms with Gasteiger partial charge in [0.05, 0.1) is 7.11 Å². The van der Waals surface area contributed by atoms with Gasteiger partial charge in [0, 0.05) is 16.3 Å².